The van der Waals surface area contributed by atoms with Crippen molar-refractivity contribution in [3.63, 3.8) is 0 Å². The molecule has 2 aromatic heterocycles. The zero-order valence-electron chi connectivity index (χ0n) is 14.8. The number of hydrogen-bond acceptors (Lipinski definition) is 6. The Morgan fingerprint density at radius 1 is 1.23 bits per heavy atom. The Morgan fingerprint density at radius 2 is 2.12 bits per heavy atom. The van der Waals surface area contributed by atoms with Gasteiger partial charge in [-0.1, -0.05) is 0 Å². The lowest BCUT2D eigenvalue weighted by Crippen LogP contribution is -2.52. The summed E-state index contributed by atoms with van der Waals surface area (Å²) >= 11 is 0. The van der Waals surface area contributed by atoms with E-state index in [2.05, 4.69) is 20.4 Å². The second-order valence-corrected chi connectivity index (χ2v) is 7.71. The molecule has 8 nitrogen and oxygen atoms in total. The first-order valence-corrected chi connectivity index (χ1v) is 9.62. The van der Waals surface area contributed by atoms with Crippen molar-refractivity contribution in [1.29, 1.82) is 0 Å². The molecule has 1 unspecified atom stereocenters. The first-order valence-electron chi connectivity index (χ1n) is 9.62. The van der Waals surface area contributed by atoms with E-state index in [0.29, 0.717) is 18.3 Å². The Hall–Kier alpha value is -2.22. The Kier molecular flexibility index (Phi) is 4.00. The Bertz CT molecular complexity index is 805. The summed E-state index contributed by atoms with van der Waals surface area (Å²) in [7, 11) is 0. The SMILES string of the molecule is O=C(CC1CCCO1)NCC1CN(c2ccc3nnc(C4CC4)n3n2)C1. The van der Waals surface area contributed by atoms with Gasteiger partial charge >= 0.3 is 0 Å². The van der Waals surface area contributed by atoms with Crippen molar-refractivity contribution in [1.82, 2.24) is 25.1 Å². The maximum atomic E-state index is 12.0. The van der Waals surface area contributed by atoms with Gasteiger partial charge in [-0.25, -0.2) is 0 Å². The van der Waals surface area contributed by atoms with Gasteiger partial charge in [0.25, 0.3) is 0 Å². The molecule has 1 atom stereocenters. The number of ether oxygens (including phenoxy) is 1. The number of anilines is 1. The van der Waals surface area contributed by atoms with Crippen molar-refractivity contribution in [2.45, 2.75) is 44.1 Å². The molecule has 5 rings (SSSR count). The van der Waals surface area contributed by atoms with E-state index in [0.717, 1.165) is 56.4 Å². The fourth-order valence-corrected chi connectivity index (χ4v) is 3.79. The largest absolute Gasteiger partial charge is 0.378 e. The molecule has 0 spiro atoms. The highest BCUT2D eigenvalue weighted by molar-refractivity contribution is 5.76. The van der Waals surface area contributed by atoms with Gasteiger partial charge in [0.15, 0.2) is 11.5 Å². The highest BCUT2D eigenvalue weighted by Gasteiger charge is 2.31. The summed E-state index contributed by atoms with van der Waals surface area (Å²) < 4.78 is 7.41. The predicted molar refractivity (Wildman–Crippen MR) is 95.1 cm³/mol. The third kappa shape index (κ3) is 3.13. The van der Waals surface area contributed by atoms with Crippen LogP contribution in [-0.2, 0) is 9.53 Å². The molecule has 3 fully saturated rings. The number of amides is 1. The first kappa shape index (κ1) is 16.0. The molecule has 26 heavy (non-hydrogen) atoms. The lowest BCUT2D eigenvalue weighted by Gasteiger charge is -2.40. The zero-order valence-corrected chi connectivity index (χ0v) is 14.8. The van der Waals surface area contributed by atoms with Crippen LogP contribution in [0.15, 0.2) is 12.1 Å². The lowest BCUT2D eigenvalue weighted by atomic mass is 10.00. The molecular formula is C18H24N6O2. The van der Waals surface area contributed by atoms with Gasteiger partial charge in [-0.2, -0.15) is 4.52 Å². The van der Waals surface area contributed by atoms with Gasteiger partial charge in [0.1, 0.15) is 5.82 Å². The summed E-state index contributed by atoms with van der Waals surface area (Å²) in [6, 6.07) is 3.99. The molecule has 0 bridgehead atoms. The van der Waals surface area contributed by atoms with E-state index in [4.69, 9.17) is 9.84 Å². The number of rotatable bonds is 6. The number of hydrogen-bond donors (Lipinski definition) is 1. The number of aromatic nitrogens is 4. The van der Waals surface area contributed by atoms with Gasteiger partial charge in [0.2, 0.25) is 5.91 Å². The Morgan fingerprint density at radius 3 is 2.88 bits per heavy atom. The monoisotopic (exact) mass is 356 g/mol. The van der Waals surface area contributed by atoms with Crippen molar-refractivity contribution in [3.05, 3.63) is 18.0 Å². The second kappa shape index (κ2) is 6.50. The van der Waals surface area contributed by atoms with Gasteiger partial charge in [-0.15, -0.1) is 15.3 Å². The van der Waals surface area contributed by atoms with Crippen molar-refractivity contribution in [2.75, 3.05) is 31.1 Å². The summed E-state index contributed by atoms with van der Waals surface area (Å²) in [6.07, 6.45) is 5.06. The molecule has 2 aromatic rings. The van der Waals surface area contributed by atoms with Crippen LogP contribution in [0.4, 0.5) is 5.82 Å². The summed E-state index contributed by atoms with van der Waals surface area (Å²) in [4.78, 5) is 14.2. The molecule has 3 aliphatic rings. The van der Waals surface area contributed by atoms with Crippen LogP contribution < -0.4 is 10.2 Å². The van der Waals surface area contributed by atoms with Crippen LogP contribution in [0.2, 0.25) is 0 Å². The molecule has 1 amide bonds. The van der Waals surface area contributed by atoms with Crippen LogP contribution in [0.5, 0.6) is 0 Å². The standard InChI is InChI=1S/C18H24N6O2/c25-17(8-14-2-1-7-26-14)19-9-12-10-23(11-12)16-6-5-15-20-21-18(13-3-4-13)24(15)22-16/h5-6,12-14H,1-4,7-11H2,(H,19,25). The fourth-order valence-electron chi connectivity index (χ4n) is 3.79. The van der Waals surface area contributed by atoms with Crippen molar-refractivity contribution in [3.8, 4) is 0 Å². The van der Waals surface area contributed by atoms with E-state index < -0.39 is 0 Å². The van der Waals surface area contributed by atoms with E-state index in [-0.39, 0.29) is 12.0 Å². The summed E-state index contributed by atoms with van der Waals surface area (Å²) in [5.74, 6) is 3.05. The minimum atomic E-state index is 0.105. The second-order valence-electron chi connectivity index (χ2n) is 7.71. The highest BCUT2D eigenvalue weighted by atomic mass is 16.5. The van der Waals surface area contributed by atoms with Gasteiger partial charge in [-0.05, 0) is 37.8 Å². The average Bonchev–Trinajstić information content (AvgIpc) is 3.15. The third-order valence-electron chi connectivity index (χ3n) is 5.52. The Labute approximate surface area is 151 Å². The predicted octanol–water partition coefficient (Wildman–Crippen LogP) is 1.12. The van der Waals surface area contributed by atoms with Crippen LogP contribution in [0.3, 0.4) is 0 Å². The number of nitrogens with zero attached hydrogens (tertiary/aromatic N) is 5. The quantitative estimate of drug-likeness (QED) is 0.835. The molecule has 2 saturated heterocycles. The van der Waals surface area contributed by atoms with E-state index in [1.54, 1.807) is 0 Å². The minimum absolute atomic E-state index is 0.105. The molecule has 1 N–H and O–H groups in total. The highest BCUT2D eigenvalue weighted by Crippen LogP contribution is 2.38. The summed E-state index contributed by atoms with van der Waals surface area (Å²) in [6.45, 7) is 3.35. The molecule has 8 heteroatoms. The van der Waals surface area contributed by atoms with Crippen molar-refractivity contribution in [2.24, 2.45) is 5.92 Å². The van der Waals surface area contributed by atoms with Crippen LogP contribution in [0.25, 0.3) is 5.65 Å². The molecule has 0 aromatic carbocycles. The zero-order chi connectivity index (χ0) is 17.5. The number of carbonyl (C=O) groups is 1. The average molecular weight is 356 g/mol. The van der Waals surface area contributed by atoms with Gasteiger partial charge in [-0.3, -0.25) is 4.79 Å². The number of fused-ring (bicyclic) bond motifs is 1. The molecule has 0 radical (unpaired) electrons. The van der Waals surface area contributed by atoms with Crippen molar-refractivity contribution < 1.29 is 9.53 Å². The molecule has 138 valence electrons. The molecule has 2 aliphatic heterocycles. The van der Waals surface area contributed by atoms with E-state index in [1.807, 2.05) is 16.6 Å². The lowest BCUT2D eigenvalue weighted by molar-refractivity contribution is -0.123. The normalized spacial score (nSPS) is 23.4. The van der Waals surface area contributed by atoms with Gasteiger partial charge < -0.3 is 15.0 Å². The third-order valence-corrected chi connectivity index (χ3v) is 5.52. The maximum Gasteiger partial charge on any atom is 0.222 e. The smallest absolute Gasteiger partial charge is 0.222 e. The fraction of sp³-hybridized carbons (Fsp3) is 0.667. The van der Waals surface area contributed by atoms with E-state index in [9.17, 15) is 4.79 Å². The topological polar surface area (TPSA) is 84.6 Å². The molecule has 1 aliphatic carbocycles. The Balaban J connectivity index is 1.13. The number of nitrogens with one attached hydrogen (secondary N) is 1. The van der Waals surface area contributed by atoms with Crippen molar-refractivity contribution >= 4 is 17.4 Å². The molecular weight excluding hydrogens is 332 g/mol. The number of carbonyl (C=O) groups excluding carboxylic acids is 1. The summed E-state index contributed by atoms with van der Waals surface area (Å²) in [5, 5.41) is 16.3. The van der Waals surface area contributed by atoms with Crippen LogP contribution >= 0.6 is 0 Å². The molecule has 1 saturated carbocycles. The first-order chi connectivity index (χ1) is 12.8. The van der Waals surface area contributed by atoms with Crippen LogP contribution in [0.1, 0.15) is 43.8 Å². The minimum Gasteiger partial charge on any atom is -0.378 e. The van der Waals surface area contributed by atoms with Crippen LogP contribution in [-0.4, -0.2) is 58.1 Å². The summed E-state index contributed by atoms with van der Waals surface area (Å²) in [5.41, 5.74) is 0.814. The van der Waals surface area contributed by atoms with Gasteiger partial charge in [0, 0.05) is 38.1 Å². The maximum absolute atomic E-state index is 12.0. The van der Waals surface area contributed by atoms with Gasteiger partial charge in [0.05, 0.1) is 12.5 Å². The van der Waals surface area contributed by atoms with Crippen LogP contribution in [0, 0.1) is 5.92 Å². The van der Waals surface area contributed by atoms with E-state index >= 15 is 0 Å². The van der Waals surface area contributed by atoms with E-state index in [1.165, 1.54) is 12.8 Å². The molecule has 4 heterocycles.